The topological polar surface area (TPSA) is 168 Å². The quantitative estimate of drug-likeness (QED) is 0.324. The number of H-pyrrole nitrogens is 2. The number of anilines is 1. The minimum Gasteiger partial charge on any atom is -0.390 e. The number of nitrogens with zero attached hydrogens (tertiary/aromatic N) is 2. The summed E-state index contributed by atoms with van der Waals surface area (Å²) in [7, 11) is 0. The Hall–Kier alpha value is -2.21. The SMILES string of the molecule is Nc1nc2c([nH]c(=O)n2[C@H]2C[C@H](O)[C@@H](COO)O2)c(=O)[nH]1. The highest BCUT2D eigenvalue weighted by molar-refractivity contribution is 5.70. The first-order valence-electron chi connectivity index (χ1n) is 6.11. The van der Waals surface area contributed by atoms with Gasteiger partial charge >= 0.3 is 5.69 Å². The lowest BCUT2D eigenvalue weighted by Crippen LogP contribution is -2.26. The van der Waals surface area contributed by atoms with E-state index in [4.69, 9.17) is 15.7 Å². The van der Waals surface area contributed by atoms with Crippen LogP contribution in [0, 0.1) is 0 Å². The van der Waals surface area contributed by atoms with E-state index in [2.05, 4.69) is 19.8 Å². The first kappa shape index (κ1) is 13.8. The summed E-state index contributed by atoms with van der Waals surface area (Å²) in [6.07, 6.45) is -2.50. The van der Waals surface area contributed by atoms with Crippen molar-refractivity contribution in [3.63, 3.8) is 0 Å². The van der Waals surface area contributed by atoms with Crippen molar-refractivity contribution >= 4 is 17.1 Å². The van der Waals surface area contributed by atoms with Crippen LogP contribution in [0.15, 0.2) is 9.59 Å². The van der Waals surface area contributed by atoms with Gasteiger partial charge in [0.2, 0.25) is 5.95 Å². The normalized spacial score (nSPS) is 25.7. The van der Waals surface area contributed by atoms with Crippen molar-refractivity contribution in [3.8, 4) is 0 Å². The number of aliphatic hydroxyl groups is 1. The summed E-state index contributed by atoms with van der Waals surface area (Å²) in [5.41, 5.74) is 4.27. The molecule has 1 aliphatic heterocycles. The van der Waals surface area contributed by atoms with E-state index in [-0.39, 0.29) is 30.1 Å². The largest absolute Gasteiger partial charge is 0.390 e. The van der Waals surface area contributed by atoms with Gasteiger partial charge in [0.15, 0.2) is 11.2 Å². The maximum absolute atomic E-state index is 12.0. The molecular formula is C10H13N5O6. The Morgan fingerprint density at radius 1 is 1.48 bits per heavy atom. The zero-order chi connectivity index (χ0) is 15.1. The Balaban J connectivity index is 2.07. The minimum atomic E-state index is -0.932. The Labute approximate surface area is 115 Å². The van der Waals surface area contributed by atoms with Gasteiger partial charge in [0.05, 0.1) is 6.10 Å². The summed E-state index contributed by atoms with van der Waals surface area (Å²) < 4.78 is 6.54. The fourth-order valence-electron chi connectivity index (χ4n) is 2.39. The number of rotatable bonds is 3. The molecule has 2 aromatic rings. The second-order valence-corrected chi connectivity index (χ2v) is 4.68. The van der Waals surface area contributed by atoms with E-state index in [1.807, 2.05) is 0 Å². The van der Waals surface area contributed by atoms with Gasteiger partial charge in [0.1, 0.15) is 18.9 Å². The van der Waals surface area contributed by atoms with Crippen molar-refractivity contribution < 1.29 is 20.0 Å². The third-order valence-electron chi connectivity index (χ3n) is 3.33. The summed E-state index contributed by atoms with van der Waals surface area (Å²) in [6.45, 7) is -0.245. The predicted molar refractivity (Wildman–Crippen MR) is 68.5 cm³/mol. The van der Waals surface area contributed by atoms with Crippen LogP contribution < -0.4 is 17.0 Å². The zero-order valence-corrected chi connectivity index (χ0v) is 10.6. The molecule has 0 radical (unpaired) electrons. The Morgan fingerprint density at radius 3 is 2.95 bits per heavy atom. The van der Waals surface area contributed by atoms with Gasteiger partial charge in [-0.15, -0.1) is 0 Å². The second-order valence-electron chi connectivity index (χ2n) is 4.68. The molecule has 0 unspecified atom stereocenters. The number of ether oxygens (including phenoxy) is 1. The van der Waals surface area contributed by atoms with Crippen LogP contribution in [-0.2, 0) is 9.62 Å². The number of nitrogen functional groups attached to an aromatic ring is 1. The van der Waals surface area contributed by atoms with Gasteiger partial charge in [-0.2, -0.15) is 4.98 Å². The van der Waals surface area contributed by atoms with Crippen molar-refractivity contribution in [2.75, 3.05) is 12.3 Å². The van der Waals surface area contributed by atoms with Crippen LogP contribution in [0.25, 0.3) is 11.2 Å². The van der Waals surface area contributed by atoms with Gasteiger partial charge in [-0.25, -0.2) is 14.2 Å². The predicted octanol–water partition coefficient (Wildman–Crippen LogP) is -1.87. The Bertz CT molecular complexity index is 778. The average molecular weight is 299 g/mol. The van der Waals surface area contributed by atoms with Crippen molar-refractivity contribution in [2.45, 2.75) is 24.9 Å². The number of hydrogen-bond donors (Lipinski definition) is 5. The Kier molecular flexibility index (Phi) is 3.25. The number of aromatic amines is 2. The lowest BCUT2D eigenvalue weighted by atomic mass is 10.2. The number of aliphatic hydroxyl groups excluding tert-OH is 1. The molecule has 0 spiro atoms. The van der Waals surface area contributed by atoms with Gasteiger partial charge in [0, 0.05) is 6.42 Å². The van der Waals surface area contributed by atoms with Gasteiger partial charge in [-0.05, 0) is 0 Å². The summed E-state index contributed by atoms with van der Waals surface area (Å²) in [6, 6.07) is 0. The molecule has 0 aromatic carbocycles. The van der Waals surface area contributed by atoms with Crippen LogP contribution in [0.1, 0.15) is 12.6 Å². The molecule has 3 rings (SSSR count). The van der Waals surface area contributed by atoms with Crippen molar-refractivity contribution in [1.82, 2.24) is 19.5 Å². The van der Waals surface area contributed by atoms with E-state index in [9.17, 15) is 14.7 Å². The lowest BCUT2D eigenvalue weighted by molar-refractivity contribution is -0.264. The number of fused-ring (bicyclic) bond motifs is 1. The third-order valence-corrected chi connectivity index (χ3v) is 3.33. The number of aromatic nitrogens is 4. The van der Waals surface area contributed by atoms with Crippen molar-refractivity contribution in [1.29, 1.82) is 0 Å². The highest BCUT2D eigenvalue weighted by Crippen LogP contribution is 2.29. The molecular weight excluding hydrogens is 286 g/mol. The van der Waals surface area contributed by atoms with Gasteiger partial charge in [0.25, 0.3) is 5.56 Å². The van der Waals surface area contributed by atoms with Gasteiger partial charge in [-0.1, -0.05) is 0 Å². The molecule has 11 nitrogen and oxygen atoms in total. The summed E-state index contributed by atoms with van der Waals surface area (Å²) in [5, 5.41) is 18.2. The summed E-state index contributed by atoms with van der Waals surface area (Å²) in [4.78, 5) is 36.2. The fraction of sp³-hybridized carbons (Fsp3) is 0.500. The molecule has 3 heterocycles. The molecule has 0 bridgehead atoms. The van der Waals surface area contributed by atoms with Gasteiger partial charge in [-0.3, -0.25) is 20.0 Å². The van der Waals surface area contributed by atoms with E-state index in [1.54, 1.807) is 0 Å². The first-order valence-corrected chi connectivity index (χ1v) is 6.11. The molecule has 6 N–H and O–H groups in total. The molecule has 1 fully saturated rings. The molecule has 3 atom stereocenters. The molecule has 11 heteroatoms. The summed E-state index contributed by atoms with van der Waals surface area (Å²) in [5.74, 6) is -0.144. The van der Waals surface area contributed by atoms with Crippen molar-refractivity contribution in [3.05, 3.63) is 20.8 Å². The number of nitrogens with one attached hydrogen (secondary N) is 2. The van der Waals surface area contributed by atoms with Crippen LogP contribution in [0.3, 0.4) is 0 Å². The second kappa shape index (κ2) is 4.96. The maximum Gasteiger partial charge on any atom is 0.329 e. The number of hydrogen-bond acceptors (Lipinski definition) is 8. The standard InChI is InChI=1S/C10H13N5O6/c11-9-13-7-6(8(17)14-9)12-10(18)15(7)5-1-3(16)4(21-5)2-20-19/h3-5,16,19H,1-2H2,(H,12,18)(H3,11,13,14,17)/t3-,4+,5+/m0/s1. The van der Waals surface area contributed by atoms with E-state index in [1.165, 1.54) is 0 Å². The smallest absolute Gasteiger partial charge is 0.329 e. The minimum absolute atomic E-state index is 0.0315. The summed E-state index contributed by atoms with van der Waals surface area (Å²) >= 11 is 0. The molecule has 1 aliphatic rings. The van der Waals surface area contributed by atoms with Gasteiger partial charge < -0.3 is 15.6 Å². The van der Waals surface area contributed by atoms with E-state index in [0.29, 0.717) is 0 Å². The van der Waals surface area contributed by atoms with Crippen LogP contribution >= 0.6 is 0 Å². The van der Waals surface area contributed by atoms with E-state index in [0.717, 1.165) is 4.57 Å². The molecule has 0 aliphatic carbocycles. The molecule has 21 heavy (non-hydrogen) atoms. The molecule has 2 aromatic heterocycles. The third kappa shape index (κ3) is 2.21. The van der Waals surface area contributed by atoms with Crippen molar-refractivity contribution in [2.24, 2.45) is 0 Å². The first-order chi connectivity index (χ1) is 10.0. The number of nitrogens with two attached hydrogens (primary N) is 1. The average Bonchev–Trinajstić information content (AvgIpc) is 2.91. The highest BCUT2D eigenvalue weighted by Gasteiger charge is 2.37. The van der Waals surface area contributed by atoms with Crippen LogP contribution in [-0.4, -0.2) is 48.7 Å². The molecule has 114 valence electrons. The van der Waals surface area contributed by atoms with Crippen LogP contribution in [0.2, 0.25) is 0 Å². The monoisotopic (exact) mass is 299 g/mol. The maximum atomic E-state index is 12.0. The number of imidazole rings is 1. The van der Waals surface area contributed by atoms with E-state index >= 15 is 0 Å². The van der Waals surface area contributed by atoms with Crippen LogP contribution in [0.5, 0.6) is 0 Å². The Morgan fingerprint density at radius 2 is 2.24 bits per heavy atom. The van der Waals surface area contributed by atoms with E-state index < -0.39 is 29.7 Å². The molecule has 0 saturated carbocycles. The van der Waals surface area contributed by atoms with Crippen LogP contribution in [0.4, 0.5) is 5.95 Å². The fourth-order valence-corrected chi connectivity index (χ4v) is 2.39. The molecule has 0 amide bonds. The lowest BCUT2D eigenvalue weighted by Gasteiger charge is -2.13. The molecule has 1 saturated heterocycles. The highest BCUT2D eigenvalue weighted by atomic mass is 17.1. The zero-order valence-electron chi connectivity index (χ0n) is 10.6.